The third-order valence-corrected chi connectivity index (χ3v) is 5.93. The molecule has 1 aromatic heterocycles. The fourth-order valence-electron chi connectivity index (χ4n) is 3.22. The number of halogens is 2. The van der Waals surface area contributed by atoms with Crippen LogP contribution in [0.5, 0.6) is 0 Å². The highest BCUT2D eigenvalue weighted by atomic mass is 35.5. The fraction of sp³-hybridized carbons (Fsp3) is 0.412. The van der Waals surface area contributed by atoms with Crippen LogP contribution in [-0.4, -0.2) is 0 Å². The van der Waals surface area contributed by atoms with Gasteiger partial charge in [-0.2, -0.15) is 0 Å². The van der Waals surface area contributed by atoms with E-state index in [2.05, 4.69) is 44.3 Å². The number of thiophene rings is 1. The summed E-state index contributed by atoms with van der Waals surface area (Å²) in [5.41, 5.74) is 2.92. The Morgan fingerprint density at radius 3 is 2.67 bits per heavy atom. The monoisotopic (exact) mass is 339 g/mol. The molecule has 2 aromatic rings. The summed E-state index contributed by atoms with van der Waals surface area (Å²) in [4.78, 5) is 1.27. The maximum Gasteiger partial charge on any atom is 0.0931 e. The van der Waals surface area contributed by atoms with E-state index in [1.165, 1.54) is 16.0 Å². The van der Waals surface area contributed by atoms with Crippen LogP contribution in [0.2, 0.25) is 9.36 Å². The van der Waals surface area contributed by atoms with Crippen LogP contribution in [0.4, 0.5) is 0 Å². The van der Waals surface area contributed by atoms with Gasteiger partial charge >= 0.3 is 0 Å². The standard InChI is InChI=1S/C17H19Cl2NS/c1-10(14-6-7-15(19)21-14)20-16-13-8-12(18)5-4-11(13)9-17(16,2)3/h4-8,10,16,20H,9H2,1-3H3. The molecule has 1 N–H and O–H groups in total. The lowest BCUT2D eigenvalue weighted by molar-refractivity contribution is 0.253. The van der Waals surface area contributed by atoms with Gasteiger partial charge in [-0.1, -0.05) is 43.1 Å². The van der Waals surface area contributed by atoms with Crippen molar-refractivity contribution in [2.24, 2.45) is 5.41 Å². The minimum Gasteiger partial charge on any atom is -0.302 e. The van der Waals surface area contributed by atoms with Gasteiger partial charge in [0.25, 0.3) is 0 Å². The van der Waals surface area contributed by atoms with E-state index in [4.69, 9.17) is 23.2 Å². The molecule has 1 aliphatic rings. The highest BCUT2D eigenvalue weighted by Gasteiger charge is 2.39. The molecule has 0 amide bonds. The third kappa shape index (κ3) is 3.00. The molecule has 4 heteroatoms. The van der Waals surface area contributed by atoms with Crippen LogP contribution in [0.25, 0.3) is 0 Å². The lowest BCUT2D eigenvalue weighted by Gasteiger charge is -2.31. The molecule has 3 rings (SSSR count). The van der Waals surface area contributed by atoms with E-state index < -0.39 is 0 Å². The molecule has 1 heterocycles. The van der Waals surface area contributed by atoms with Crippen molar-refractivity contribution >= 4 is 34.5 Å². The van der Waals surface area contributed by atoms with Crippen LogP contribution in [0.1, 0.15) is 48.9 Å². The first-order valence-electron chi connectivity index (χ1n) is 7.16. The maximum atomic E-state index is 6.20. The van der Waals surface area contributed by atoms with E-state index in [1.807, 2.05) is 12.1 Å². The number of hydrogen-bond acceptors (Lipinski definition) is 2. The molecule has 1 aromatic carbocycles. The zero-order chi connectivity index (χ0) is 15.2. The quantitative estimate of drug-likeness (QED) is 0.719. The summed E-state index contributed by atoms with van der Waals surface area (Å²) >= 11 is 13.9. The van der Waals surface area contributed by atoms with Gasteiger partial charge in [-0.15, -0.1) is 11.3 Å². The molecule has 0 radical (unpaired) electrons. The first-order chi connectivity index (χ1) is 9.87. The van der Waals surface area contributed by atoms with E-state index in [0.717, 1.165) is 15.8 Å². The Kier molecular flexibility index (Phi) is 4.08. The largest absolute Gasteiger partial charge is 0.302 e. The average molecular weight is 340 g/mol. The second kappa shape index (κ2) is 5.58. The molecule has 1 nitrogen and oxygen atoms in total. The first kappa shape index (κ1) is 15.4. The van der Waals surface area contributed by atoms with E-state index in [1.54, 1.807) is 11.3 Å². The Morgan fingerprint density at radius 1 is 1.24 bits per heavy atom. The van der Waals surface area contributed by atoms with Gasteiger partial charge in [-0.3, -0.25) is 0 Å². The molecule has 0 spiro atoms. The predicted molar refractivity (Wildman–Crippen MR) is 92.6 cm³/mol. The average Bonchev–Trinajstić information content (AvgIpc) is 2.93. The molecule has 1 aliphatic carbocycles. The highest BCUT2D eigenvalue weighted by Crippen LogP contribution is 2.47. The van der Waals surface area contributed by atoms with Gasteiger partial charge in [-0.25, -0.2) is 0 Å². The Morgan fingerprint density at radius 2 is 2.00 bits per heavy atom. The van der Waals surface area contributed by atoms with Gasteiger partial charge in [0.2, 0.25) is 0 Å². The molecule has 112 valence electrons. The third-order valence-electron chi connectivity index (χ3n) is 4.28. The predicted octanol–water partition coefficient (Wildman–Crippen LogP) is 6.03. The van der Waals surface area contributed by atoms with Gasteiger partial charge in [0.05, 0.1) is 4.34 Å². The maximum absolute atomic E-state index is 6.20. The van der Waals surface area contributed by atoms with Crippen molar-refractivity contribution in [3.8, 4) is 0 Å². The van der Waals surface area contributed by atoms with Crippen molar-refractivity contribution in [2.45, 2.75) is 39.3 Å². The Labute approximate surface area is 140 Å². The normalized spacial score (nSPS) is 21.3. The summed E-state index contributed by atoms with van der Waals surface area (Å²) < 4.78 is 0.841. The Balaban J connectivity index is 1.89. The van der Waals surface area contributed by atoms with E-state index in [-0.39, 0.29) is 11.5 Å². The van der Waals surface area contributed by atoms with Crippen molar-refractivity contribution in [3.05, 3.63) is 55.7 Å². The minimum absolute atomic E-state index is 0.183. The SMILES string of the molecule is CC(NC1c2cc(Cl)ccc2CC1(C)C)c1ccc(Cl)s1. The molecular formula is C17H19Cl2NS. The summed E-state index contributed by atoms with van der Waals surface area (Å²) in [5, 5.41) is 4.59. The van der Waals surface area contributed by atoms with Crippen LogP contribution in [0.15, 0.2) is 30.3 Å². The van der Waals surface area contributed by atoms with Crippen molar-refractivity contribution in [1.82, 2.24) is 5.32 Å². The number of benzene rings is 1. The number of nitrogens with one attached hydrogen (secondary N) is 1. The van der Waals surface area contributed by atoms with Gasteiger partial charge in [0.15, 0.2) is 0 Å². The molecule has 2 atom stereocenters. The van der Waals surface area contributed by atoms with Gasteiger partial charge in [0.1, 0.15) is 0 Å². The molecule has 0 fully saturated rings. The van der Waals surface area contributed by atoms with E-state index in [0.29, 0.717) is 6.04 Å². The van der Waals surface area contributed by atoms with Crippen LogP contribution in [-0.2, 0) is 6.42 Å². The molecule has 21 heavy (non-hydrogen) atoms. The van der Waals surface area contributed by atoms with Crippen LogP contribution < -0.4 is 5.32 Å². The minimum atomic E-state index is 0.183. The topological polar surface area (TPSA) is 12.0 Å². The highest BCUT2D eigenvalue weighted by molar-refractivity contribution is 7.16. The zero-order valence-corrected chi connectivity index (χ0v) is 14.7. The molecule has 0 aliphatic heterocycles. The molecule has 0 saturated carbocycles. The summed E-state index contributed by atoms with van der Waals surface area (Å²) in [6.45, 7) is 6.82. The van der Waals surface area contributed by atoms with Crippen LogP contribution >= 0.6 is 34.5 Å². The van der Waals surface area contributed by atoms with Gasteiger partial charge < -0.3 is 5.32 Å². The van der Waals surface area contributed by atoms with E-state index in [9.17, 15) is 0 Å². The number of hydrogen-bond donors (Lipinski definition) is 1. The van der Waals surface area contributed by atoms with Gasteiger partial charge in [-0.05, 0) is 54.2 Å². The zero-order valence-electron chi connectivity index (χ0n) is 12.4. The number of rotatable bonds is 3. The van der Waals surface area contributed by atoms with Crippen LogP contribution in [0.3, 0.4) is 0 Å². The Hall–Kier alpha value is -0.540. The molecule has 2 unspecified atom stereocenters. The first-order valence-corrected chi connectivity index (χ1v) is 8.74. The second-order valence-electron chi connectivity index (χ2n) is 6.47. The lowest BCUT2D eigenvalue weighted by Crippen LogP contribution is -2.32. The molecule has 0 bridgehead atoms. The van der Waals surface area contributed by atoms with Crippen molar-refractivity contribution < 1.29 is 0 Å². The smallest absolute Gasteiger partial charge is 0.0931 e. The van der Waals surface area contributed by atoms with Crippen molar-refractivity contribution in [2.75, 3.05) is 0 Å². The van der Waals surface area contributed by atoms with Crippen LogP contribution in [0, 0.1) is 5.41 Å². The summed E-state index contributed by atoms with van der Waals surface area (Å²) in [5.74, 6) is 0. The van der Waals surface area contributed by atoms with Crippen molar-refractivity contribution in [1.29, 1.82) is 0 Å². The fourth-order valence-corrected chi connectivity index (χ4v) is 4.47. The van der Waals surface area contributed by atoms with Crippen molar-refractivity contribution in [3.63, 3.8) is 0 Å². The Bertz CT molecular complexity index is 663. The summed E-state index contributed by atoms with van der Waals surface area (Å²) in [6.07, 6.45) is 1.08. The number of fused-ring (bicyclic) bond motifs is 1. The summed E-state index contributed by atoms with van der Waals surface area (Å²) in [7, 11) is 0. The molecule has 0 saturated heterocycles. The summed E-state index contributed by atoms with van der Waals surface area (Å²) in [6, 6.07) is 10.9. The lowest BCUT2D eigenvalue weighted by atomic mass is 9.85. The van der Waals surface area contributed by atoms with E-state index >= 15 is 0 Å². The molecular weight excluding hydrogens is 321 g/mol. The van der Waals surface area contributed by atoms with Gasteiger partial charge in [0, 0.05) is 22.0 Å². The second-order valence-corrected chi connectivity index (χ2v) is 8.65.